The van der Waals surface area contributed by atoms with Crippen molar-refractivity contribution in [2.45, 2.75) is 6.42 Å². The van der Waals surface area contributed by atoms with E-state index in [1.165, 1.54) is 11.6 Å². The second-order valence-corrected chi connectivity index (χ2v) is 3.89. The number of hydrogen-bond acceptors (Lipinski definition) is 3. The molecule has 0 N–H and O–H groups in total. The van der Waals surface area contributed by atoms with E-state index in [0.29, 0.717) is 16.5 Å². The maximum absolute atomic E-state index is 12.0. The number of benzene rings is 1. The summed E-state index contributed by atoms with van der Waals surface area (Å²) in [6.07, 6.45) is 0.921. The fraction of sp³-hybridized carbons (Fsp3) is 0.250. The molecule has 0 saturated carbocycles. The summed E-state index contributed by atoms with van der Waals surface area (Å²) in [6, 6.07) is 5.16. The molecule has 5 nitrogen and oxygen atoms in total. The number of fused-ring (bicyclic) bond motifs is 1. The number of aryl methyl sites for hydroxylation is 1. The van der Waals surface area contributed by atoms with Crippen molar-refractivity contribution in [3.05, 3.63) is 44.6 Å². The van der Waals surface area contributed by atoms with Gasteiger partial charge in [0.15, 0.2) is 0 Å². The van der Waals surface area contributed by atoms with Gasteiger partial charge < -0.3 is 4.79 Å². The van der Waals surface area contributed by atoms with E-state index >= 15 is 0 Å². The first-order valence-electron chi connectivity index (χ1n) is 5.19. The fourth-order valence-corrected chi connectivity index (χ4v) is 1.96. The number of carbonyl (C=O) groups is 1. The maximum atomic E-state index is 12.0. The molecule has 1 aromatic carbocycles. The summed E-state index contributed by atoms with van der Waals surface area (Å²) in [5.41, 5.74) is 0.470. The second-order valence-electron chi connectivity index (χ2n) is 3.89. The van der Waals surface area contributed by atoms with E-state index in [2.05, 4.69) is 0 Å². The predicted octanol–water partition coefficient (Wildman–Crippen LogP) is -0.0214. The molecule has 0 saturated heterocycles. The van der Waals surface area contributed by atoms with Crippen molar-refractivity contribution >= 4 is 17.2 Å². The third-order valence-corrected chi connectivity index (χ3v) is 2.89. The molecule has 2 aromatic rings. The van der Waals surface area contributed by atoms with Gasteiger partial charge in [-0.05, 0) is 11.6 Å². The van der Waals surface area contributed by atoms with Crippen LogP contribution in [0.4, 0.5) is 0 Å². The lowest BCUT2D eigenvalue weighted by molar-refractivity contribution is -0.107. The summed E-state index contributed by atoms with van der Waals surface area (Å²) in [7, 11) is 3.04. The number of nitrogens with zero attached hydrogens (tertiary/aromatic N) is 2. The van der Waals surface area contributed by atoms with Crippen LogP contribution >= 0.6 is 0 Å². The van der Waals surface area contributed by atoms with E-state index in [0.717, 1.165) is 10.9 Å². The van der Waals surface area contributed by atoms with Crippen molar-refractivity contribution in [1.29, 1.82) is 0 Å². The molecule has 0 bridgehead atoms. The molecule has 2 rings (SSSR count). The van der Waals surface area contributed by atoms with Crippen LogP contribution in [0, 0.1) is 0 Å². The number of rotatable bonds is 2. The van der Waals surface area contributed by atoms with E-state index in [9.17, 15) is 14.4 Å². The SMILES string of the molecule is Cn1c(=O)c2c(CC=O)cccc2n(C)c1=O. The van der Waals surface area contributed by atoms with E-state index in [1.54, 1.807) is 25.2 Å². The highest BCUT2D eigenvalue weighted by Gasteiger charge is 2.11. The van der Waals surface area contributed by atoms with Crippen LogP contribution in [-0.4, -0.2) is 15.4 Å². The van der Waals surface area contributed by atoms with Gasteiger partial charge >= 0.3 is 5.69 Å². The molecule has 1 aromatic heterocycles. The third-order valence-electron chi connectivity index (χ3n) is 2.89. The molecule has 0 radical (unpaired) electrons. The van der Waals surface area contributed by atoms with Crippen molar-refractivity contribution in [3.8, 4) is 0 Å². The first-order chi connectivity index (χ1) is 8.07. The Morgan fingerprint density at radius 1 is 1.18 bits per heavy atom. The van der Waals surface area contributed by atoms with Gasteiger partial charge in [0, 0.05) is 20.5 Å². The highest BCUT2D eigenvalue weighted by atomic mass is 16.2. The molecule has 0 aliphatic carbocycles. The van der Waals surface area contributed by atoms with Gasteiger partial charge in [0.25, 0.3) is 5.56 Å². The van der Waals surface area contributed by atoms with Crippen LogP contribution in [0.3, 0.4) is 0 Å². The molecule has 0 atom stereocenters. The standard InChI is InChI=1S/C12H12N2O3/c1-13-9-5-3-4-8(6-7-15)10(9)11(16)14(2)12(13)17/h3-5,7H,6H2,1-2H3. The smallest absolute Gasteiger partial charge is 0.303 e. The summed E-state index contributed by atoms with van der Waals surface area (Å²) < 4.78 is 2.46. The Labute approximate surface area is 96.9 Å². The van der Waals surface area contributed by atoms with Crippen LogP contribution in [0.2, 0.25) is 0 Å². The quantitative estimate of drug-likeness (QED) is 0.683. The molecule has 0 amide bonds. The van der Waals surface area contributed by atoms with Crippen LogP contribution in [0.25, 0.3) is 10.9 Å². The van der Waals surface area contributed by atoms with Gasteiger partial charge in [-0.15, -0.1) is 0 Å². The summed E-state index contributed by atoms with van der Waals surface area (Å²) >= 11 is 0. The average Bonchev–Trinajstić information content (AvgIpc) is 2.34. The molecule has 0 unspecified atom stereocenters. The van der Waals surface area contributed by atoms with Crippen molar-refractivity contribution in [1.82, 2.24) is 9.13 Å². The lowest BCUT2D eigenvalue weighted by Crippen LogP contribution is -2.37. The van der Waals surface area contributed by atoms with E-state index < -0.39 is 0 Å². The molecular formula is C12H12N2O3. The minimum atomic E-state index is -0.370. The van der Waals surface area contributed by atoms with E-state index in [-0.39, 0.29) is 17.7 Å². The fourth-order valence-electron chi connectivity index (χ4n) is 1.96. The van der Waals surface area contributed by atoms with Gasteiger partial charge in [0.2, 0.25) is 0 Å². The molecule has 88 valence electrons. The summed E-state index contributed by atoms with van der Waals surface area (Å²) in [5, 5.41) is 0.434. The third kappa shape index (κ3) is 1.60. The lowest BCUT2D eigenvalue weighted by atomic mass is 10.1. The van der Waals surface area contributed by atoms with Crippen molar-refractivity contribution in [2.24, 2.45) is 14.1 Å². The molecule has 17 heavy (non-hydrogen) atoms. The summed E-state index contributed by atoms with van der Waals surface area (Å²) in [4.78, 5) is 34.3. The molecule has 5 heteroatoms. The summed E-state index contributed by atoms with van der Waals surface area (Å²) in [6.45, 7) is 0. The number of aromatic nitrogens is 2. The lowest BCUT2D eigenvalue weighted by Gasteiger charge is -2.09. The Balaban J connectivity index is 3.06. The zero-order chi connectivity index (χ0) is 12.6. The minimum Gasteiger partial charge on any atom is -0.303 e. The monoisotopic (exact) mass is 232 g/mol. The Hall–Kier alpha value is -2.17. The zero-order valence-electron chi connectivity index (χ0n) is 9.64. The highest BCUT2D eigenvalue weighted by Crippen LogP contribution is 2.13. The normalized spacial score (nSPS) is 10.7. The molecule has 0 aliphatic heterocycles. The van der Waals surface area contributed by atoms with Crippen LogP contribution in [0.5, 0.6) is 0 Å². The molecule has 0 fully saturated rings. The van der Waals surface area contributed by atoms with Crippen LogP contribution < -0.4 is 11.2 Å². The maximum Gasteiger partial charge on any atom is 0.330 e. The number of carbonyl (C=O) groups excluding carboxylic acids is 1. The minimum absolute atomic E-state index is 0.171. The first kappa shape index (κ1) is 11.3. The van der Waals surface area contributed by atoms with Crippen molar-refractivity contribution in [3.63, 3.8) is 0 Å². The molecule has 0 spiro atoms. The largest absolute Gasteiger partial charge is 0.330 e. The van der Waals surface area contributed by atoms with Gasteiger partial charge in [-0.3, -0.25) is 13.9 Å². The number of hydrogen-bond donors (Lipinski definition) is 0. The molecule has 1 heterocycles. The van der Waals surface area contributed by atoms with Crippen LogP contribution in [0.1, 0.15) is 5.56 Å². The van der Waals surface area contributed by atoms with Crippen LogP contribution in [0.15, 0.2) is 27.8 Å². The van der Waals surface area contributed by atoms with Gasteiger partial charge in [0.1, 0.15) is 6.29 Å². The first-order valence-corrected chi connectivity index (χ1v) is 5.19. The highest BCUT2D eigenvalue weighted by molar-refractivity contribution is 5.83. The van der Waals surface area contributed by atoms with Gasteiger partial charge in [-0.1, -0.05) is 12.1 Å². The Morgan fingerprint density at radius 2 is 1.88 bits per heavy atom. The van der Waals surface area contributed by atoms with Gasteiger partial charge in [-0.2, -0.15) is 0 Å². The topological polar surface area (TPSA) is 61.1 Å². The Kier molecular flexibility index (Phi) is 2.67. The van der Waals surface area contributed by atoms with Crippen molar-refractivity contribution in [2.75, 3.05) is 0 Å². The molecule has 0 aliphatic rings. The second kappa shape index (κ2) is 4.01. The zero-order valence-corrected chi connectivity index (χ0v) is 9.64. The van der Waals surface area contributed by atoms with Crippen molar-refractivity contribution < 1.29 is 4.79 Å². The number of aldehydes is 1. The predicted molar refractivity (Wildman–Crippen MR) is 64.2 cm³/mol. The van der Waals surface area contributed by atoms with E-state index in [4.69, 9.17) is 0 Å². The van der Waals surface area contributed by atoms with E-state index in [1.807, 2.05) is 0 Å². The average molecular weight is 232 g/mol. The Bertz CT molecular complexity index is 710. The Morgan fingerprint density at radius 3 is 2.53 bits per heavy atom. The van der Waals surface area contributed by atoms with Gasteiger partial charge in [0.05, 0.1) is 10.9 Å². The summed E-state index contributed by atoms with van der Waals surface area (Å²) in [5.74, 6) is 0. The van der Waals surface area contributed by atoms with Gasteiger partial charge in [-0.25, -0.2) is 4.79 Å². The molecular weight excluding hydrogens is 220 g/mol. The van der Waals surface area contributed by atoms with Crippen LogP contribution in [-0.2, 0) is 25.3 Å².